The standard InChI is InChI=1S/C25H30N4O3S/c1-15-11-16(2)13-29(12-15)24(31)19-7-5-6-8-20(19)27-21(30)9-10-28-14-26-23-22(25(28)32)17(3)18(4)33-23/h5-8,14-16H,9-13H2,1-4H3,(H,27,30). The predicted octanol–water partition coefficient (Wildman–Crippen LogP) is 4.22. The van der Waals surface area contributed by atoms with Gasteiger partial charge in [0.25, 0.3) is 11.5 Å². The molecule has 0 aliphatic carbocycles. The molecule has 1 saturated heterocycles. The number of para-hydroxylation sites is 1. The molecule has 0 saturated carbocycles. The van der Waals surface area contributed by atoms with Gasteiger partial charge in [0.15, 0.2) is 0 Å². The van der Waals surface area contributed by atoms with Crippen LogP contribution < -0.4 is 10.9 Å². The van der Waals surface area contributed by atoms with E-state index in [0.717, 1.165) is 34.8 Å². The van der Waals surface area contributed by atoms with Crippen molar-refractivity contribution < 1.29 is 9.59 Å². The molecule has 0 radical (unpaired) electrons. The molecule has 1 aliphatic rings. The maximum Gasteiger partial charge on any atom is 0.262 e. The maximum atomic E-state index is 13.2. The SMILES string of the molecule is Cc1sc2ncn(CCC(=O)Nc3ccccc3C(=O)N3CC(C)CC(C)C3)c(=O)c2c1C. The van der Waals surface area contributed by atoms with Crippen LogP contribution in [0.15, 0.2) is 35.4 Å². The van der Waals surface area contributed by atoms with Crippen molar-refractivity contribution >= 4 is 39.1 Å². The third-order valence-corrected chi connectivity index (χ3v) is 7.44. The molecule has 3 aromatic rings. The Morgan fingerprint density at radius 3 is 2.58 bits per heavy atom. The second-order valence-electron chi connectivity index (χ2n) is 9.21. The van der Waals surface area contributed by atoms with E-state index in [1.165, 1.54) is 22.2 Å². The molecular formula is C25H30N4O3S. The number of piperidine rings is 1. The van der Waals surface area contributed by atoms with Gasteiger partial charge in [0.1, 0.15) is 4.83 Å². The van der Waals surface area contributed by atoms with Crippen molar-refractivity contribution in [1.82, 2.24) is 14.5 Å². The number of nitrogens with one attached hydrogen (secondary N) is 1. The largest absolute Gasteiger partial charge is 0.338 e. The lowest BCUT2D eigenvalue weighted by Crippen LogP contribution is -2.42. The fraction of sp³-hybridized carbons (Fsp3) is 0.440. The van der Waals surface area contributed by atoms with Crippen LogP contribution in [-0.4, -0.2) is 39.4 Å². The number of thiophene rings is 1. The molecule has 3 heterocycles. The maximum absolute atomic E-state index is 13.2. The van der Waals surface area contributed by atoms with Crippen LogP contribution in [-0.2, 0) is 11.3 Å². The first-order valence-corrected chi connectivity index (χ1v) is 12.2. The lowest BCUT2D eigenvalue weighted by molar-refractivity contribution is -0.116. The van der Waals surface area contributed by atoms with Crippen molar-refractivity contribution in [1.29, 1.82) is 0 Å². The summed E-state index contributed by atoms with van der Waals surface area (Å²) in [4.78, 5) is 46.8. The van der Waals surface area contributed by atoms with E-state index in [0.29, 0.717) is 28.5 Å². The van der Waals surface area contributed by atoms with Crippen molar-refractivity contribution in [2.75, 3.05) is 18.4 Å². The summed E-state index contributed by atoms with van der Waals surface area (Å²) in [7, 11) is 0. The summed E-state index contributed by atoms with van der Waals surface area (Å²) in [6.07, 6.45) is 2.73. The molecule has 4 rings (SSSR count). The van der Waals surface area contributed by atoms with Crippen LogP contribution in [0.2, 0.25) is 0 Å². The molecular weight excluding hydrogens is 436 g/mol. The number of hydrogen-bond donors (Lipinski definition) is 1. The van der Waals surface area contributed by atoms with E-state index in [9.17, 15) is 14.4 Å². The Hall–Kier alpha value is -3.00. The molecule has 0 bridgehead atoms. The number of anilines is 1. The van der Waals surface area contributed by atoms with E-state index in [1.54, 1.807) is 18.2 Å². The van der Waals surface area contributed by atoms with E-state index in [2.05, 4.69) is 24.1 Å². The third-order valence-electron chi connectivity index (χ3n) is 6.32. The van der Waals surface area contributed by atoms with Crippen LogP contribution in [0, 0.1) is 25.7 Å². The van der Waals surface area contributed by atoms with Crippen LogP contribution in [0.3, 0.4) is 0 Å². The van der Waals surface area contributed by atoms with Gasteiger partial charge in [-0.2, -0.15) is 0 Å². The minimum atomic E-state index is -0.249. The highest BCUT2D eigenvalue weighted by atomic mass is 32.1. The highest BCUT2D eigenvalue weighted by Gasteiger charge is 2.27. The number of likely N-dealkylation sites (tertiary alicyclic amines) is 1. The fourth-order valence-electron chi connectivity index (χ4n) is 4.64. The quantitative estimate of drug-likeness (QED) is 0.610. The zero-order valence-corrected chi connectivity index (χ0v) is 20.4. The van der Waals surface area contributed by atoms with Crippen LogP contribution in [0.4, 0.5) is 5.69 Å². The molecule has 2 unspecified atom stereocenters. The lowest BCUT2D eigenvalue weighted by atomic mass is 9.91. The summed E-state index contributed by atoms with van der Waals surface area (Å²) >= 11 is 1.50. The summed E-state index contributed by atoms with van der Waals surface area (Å²) in [6.45, 7) is 9.90. The Balaban J connectivity index is 1.46. The molecule has 1 N–H and O–H groups in total. The van der Waals surface area contributed by atoms with Crippen molar-refractivity contribution in [3.63, 3.8) is 0 Å². The predicted molar refractivity (Wildman–Crippen MR) is 132 cm³/mol. The zero-order valence-electron chi connectivity index (χ0n) is 19.6. The van der Waals surface area contributed by atoms with Crippen LogP contribution in [0.5, 0.6) is 0 Å². The van der Waals surface area contributed by atoms with E-state index >= 15 is 0 Å². The molecule has 0 spiro atoms. The molecule has 8 heteroatoms. The minimum absolute atomic E-state index is 0.0570. The number of carbonyl (C=O) groups excluding carboxylic acids is 2. The van der Waals surface area contributed by atoms with Gasteiger partial charge < -0.3 is 10.2 Å². The first-order valence-electron chi connectivity index (χ1n) is 11.4. The Kier molecular flexibility index (Phi) is 6.65. The molecule has 1 aromatic carbocycles. The Morgan fingerprint density at radius 1 is 1.15 bits per heavy atom. The van der Waals surface area contributed by atoms with Gasteiger partial charge in [-0.3, -0.25) is 19.0 Å². The number of carbonyl (C=O) groups is 2. The Labute approximate surface area is 197 Å². The molecule has 7 nitrogen and oxygen atoms in total. The second-order valence-corrected chi connectivity index (χ2v) is 10.4. The van der Waals surface area contributed by atoms with Gasteiger partial charge in [0.2, 0.25) is 5.91 Å². The van der Waals surface area contributed by atoms with Gasteiger partial charge in [0, 0.05) is 30.9 Å². The minimum Gasteiger partial charge on any atom is -0.338 e. The summed E-state index contributed by atoms with van der Waals surface area (Å²) in [5.74, 6) is 0.609. The summed E-state index contributed by atoms with van der Waals surface area (Å²) in [5, 5.41) is 3.50. The number of benzene rings is 1. The lowest BCUT2D eigenvalue weighted by Gasteiger charge is -2.35. The van der Waals surface area contributed by atoms with E-state index < -0.39 is 0 Å². The molecule has 33 heavy (non-hydrogen) atoms. The highest BCUT2D eigenvalue weighted by molar-refractivity contribution is 7.18. The highest BCUT2D eigenvalue weighted by Crippen LogP contribution is 2.26. The molecule has 2 atom stereocenters. The van der Waals surface area contributed by atoms with E-state index in [1.807, 2.05) is 24.8 Å². The number of hydrogen-bond acceptors (Lipinski definition) is 5. The topological polar surface area (TPSA) is 84.3 Å². The van der Waals surface area contributed by atoms with Crippen LogP contribution in [0.25, 0.3) is 10.2 Å². The van der Waals surface area contributed by atoms with E-state index in [-0.39, 0.29) is 30.3 Å². The van der Waals surface area contributed by atoms with Crippen molar-refractivity contribution in [3.05, 3.63) is 57.0 Å². The van der Waals surface area contributed by atoms with Crippen molar-refractivity contribution in [2.24, 2.45) is 11.8 Å². The number of amides is 2. The first-order chi connectivity index (χ1) is 15.7. The van der Waals surface area contributed by atoms with Gasteiger partial charge in [-0.05, 0) is 49.8 Å². The number of rotatable bonds is 5. The van der Waals surface area contributed by atoms with E-state index in [4.69, 9.17) is 0 Å². The number of nitrogens with zero attached hydrogens (tertiary/aromatic N) is 3. The average molecular weight is 467 g/mol. The summed E-state index contributed by atoms with van der Waals surface area (Å²) in [5.41, 5.74) is 1.82. The van der Waals surface area contributed by atoms with Crippen LogP contribution >= 0.6 is 11.3 Å². The fourth-order valence-corrected chi connectivity index (χ4v) is 5.63. The zero-order chi connectivity index (χ0) is 23.7. The molecule has 174 valence electrons. The van der Waals surface area contributed by atoms with Gasteiger partial charge in [-0.1, -0.05) is 26.0 Å². The van der Waals surface area contributed by atoms with Gasteiger partial charge >= 0.3 is 0 Å². The summed E-state index contributed by atoms with van der Waals surface area (Å²) in [6, 6.07) is 7.12. The van der Waals surface area contributed by atoms with Crippen LogP contribution in [0.1, 0.15) is 47.5 Å². The van der Waals surface area contributed by atoms with Gasteiger partial charge in [-0.15, -0.1) is 11.3 Å². The van der Waals surface area contributed by atoms with Gasteiger partial charge in [-0.25, -0.2) is 4.98 Å². The average Bonchev–Trinajstić information content (AvgIpc) is 3.06. The molecule has 2 aromatic heterocycles. The molecule has 1 aliphatic heterocycles. The first kappa shape index (κ1) is 23.2. The van der Waals surface area contributed by atoms with Gasteiger partial charge in [0.05, 0.1) is 23.0 Å². The summed E-state index contributed by atoms with van der Waals surface area (Å²) < 4.78 is 1.48. The Bertz CT molecular complexity index is 1250. The molecule has 2 amide bonds. The number of fused-ring (bicyclic) bond motifs is 1. The van der Waals surface area contributed by atoms with Crippen molar-refractivity contribution in [2.45, 2.75) is 47.1 Å². The number of aryl methyl sites for hydroxylation is 3. The Morgan fingerprint density at radius 2 is 1.85 bits per heavy atom. The molecule has 1 fully saturated rings. The second kappa shape index (κ2) is 9.47. The monoisotopic (exact) mass is 466 g/mol. The third kappa shape index (κ3) is 4.85. The smallest absolute Gasteiger partial charge is 0.262 e. The normalized spacial score (nSPS) is 18.5. The van der Waals surface area contributed by atoms with Crippen molar-refractivity contribution in [3.8, 4) is 0 Å². The number of aromatic nitrogens is 2.